The second-order valence-corrected chi connectivity index (χ2v) is 6.46. The molecule has 0 aliphatic heterocycles. The highest BCUT2D eigenvalue weighted by Gasteiger charge is 2.02. The number of hydrogen-bond acceptors (Lipinski definition) is 2. The van der Waals surface area contributed by atoms with E-state index in [1.807, 2.05) is 6.92 Å². The van der Waals surface area contributed by atoms with Crippen LogP contribution in [0.2, 0.25) is 19.1 Å². The molecule has 0 unspecified atom stereocenters. The SMILES string of the molecule is CCOC(=O)CCC[SiH](C)C. The second-order valence-electron chi connectivity index (χ2n) is 3.09. The Morgan fingerprint density at radius 1 is 1.45 bits per heavy atom. The summed E-state index contributed by atoms with van der Waals surface area (Å²) in [6, 6.07) is 1.25. The van der Waals surface area contributed by atoms with Crippen LogP contribution in [0.15, 0.2) is 0 Å². The van der Waals surface area contributed by atoms with E-state index in [1.54, 1.807) is 0 Å². The molecule has 0 atom stereocenters. The summed E-state index contributed by atoms with van der Waals surface area (Å²) in [7, 11) is -0.457. The fourth-order valence-electron chi connectivity index (χ4n) is 0.888. The summed E-state index contributed by atoms with van der Waals surface area (Å²) in [5, 5.41) is 0. The van der Waals surface area contributed by atoms with E-state index >= 15 is 0 Å². The number of carbonyl (C=O) groups is 1. The van der Waals surface area contributed by atoms with Gasteiger partial charge in [-0.25, -0.2) is 0 Å². The molecule has 2 nitrogen and oxygen atoms in total. The summed E-state index contributed by atoms with van der Waals surface area (Å²) >= 11 is 0. The summed E-state index contributed by atoms with van der Waals surface area (Å²) < 4.78 is 4.80. The van der Waals surface area contributed by atoms with Crippen molar-refractivity contribution in [2.45, 2.75) is 38.9 Å². The largest absolute Gasteiger partial charge is 0.466 e. The van der Waals surface area contributed by atoms with E-state index in [2.05, 4.69) is 13.1 Å². The molecule has 0 amide bonds. The Hall–Kier alpha value is -0.313. The zero-order valence-corrected chi connectivity index (χ0v) is 8.88. The molecule has 0 saturated carbocycles. The Kier molecular flexibility index (Phi) is 6.22. The van der Waals surface area contributed by atoms with Crippen LogP contribution in [0.3, 0.4) is 0 Å². The number of carbonyl (C=O) groups excluding carboxylic acids is 1. The number of hydrogen-bond donors (Lipinski definition) is 0. The van der Waals surface area contributed by atoms with Crippen molar-refractivity contribution in [3.8, 4) is 0 Å². The topological polar surface area (TPSA) is 26.3 Å². The Morgan fingerprint density at radius 3 is 2.55 bits per heavy atom. The molecular formula is C8H18O2Si. The molecule has 0 aliphatic carbocycles. The Bertz CT molecular complexity index is 113. The average molecular weight is 174 g/mol. The van der Waals surface area contributed by atoms with Gasteiger partial charge in [0.25, 0.3) is 0 Å². The highest BCUT2D eigenvalue weighted by molar-refractivity contribution is 6.55. The predicted octanol–water partition coefficient (Wildman–Crippen LogP) is 1.82. The van der Waals surface area contributed by atoms with Crippen molar-refractivity contribution >= 4 is 14.8 Å². The first-order chi connectivity index (χ1) is 5.16. The van der Waals surface area contributed by atoms with Crippen LogP contribution >= 0.6 is 0 Å². The third kappa shape index (κ3) is 7.59. The van der Waals surface area contributed by atoms with Gasteiger partial charge in [0.1, 0.15) is 0 Å². The van der Waals surface area contributed by atoms with Crippen molar-refractivity contribution in [2.75, 3.05) is 6.61 Å². The van der Waals surface area contributed by atoms with Crippen molar-refractivity contribution in [2.24, 2.45) is 0 Å². The highest BCUT2D eigenvalue weighted by Crippen LogP contribution is 2.02. The van der Waals surface area contributed by atoms with Crippen molar-refractivity contribution in [1.82, 2.24) is 0 Å². The van der Waals surface area contributed by atoms with Crippen LogP contribution in [0.1, 0.15) is 19.8 Å². The van der Waals surface area contributed by atoms with E-state index in [4.69, 9.17) is 4.74 Å². The quantitative estimate of drug-likeness (QED) is 0.469. The lowest BCUT2D eigenvalue weighted by molar-refractivity contribution is -0.143. The van der Waals surface area contributed by atoms with Gasteiger partial charge >= 0.3 is 5.97 Å². The molecule has 0 rings (SSSR count). The van der Waals surface area contributed by atoms with Gasteiger partial charge in [-0.1, -0.05) is 19.1 Å². The Labute approximate surface area is 70.5 Å². The molecule has 11 heavy (non-hydrogen) atoms. The molecule has 0 saturated heterocycles. The first-order valence-electron chi connectivity index (χ1n) is 4.32. The zero-order valence-electron chi connectivity index (χ0n) is 7.72. The molecular weight excluding hydrogens is 156 g/mol. The molecule has 3 heteroatoms. The summed E-state index contributed by atoms with van der Waals surface area (Å²) in [6.45, 7) is 6.95. The van der Waals surface area contributed by atoms with E-state index in [-0.39, 0.29) is 5.97 Å². The molecule has 0 aromatic rings. The average Bonchev–Trinajstić information content (AvgIpc) is 1.87. The summed E-state index contributed by atoms with van der Waals surface area (Å²) in [5.41, 5.74) is 0. The molecule has 0 radical (unpaired) electrons. The van der Waals surface area contributed by atoms with Gasteiger partial charge in [0.15, 0.2) is 0 Å². The van der Waals surface area contributed by atoms with Crippen LogP contribution < -0.4 is 0 Å². The van der Waals surface area contributed by atoms with E-state index in [0.29, 0.717) is 13.0 Å². The van der Waals surface area contributed by atoms with Gasteiger partial charge in [-0.2, -0.15) is 0 Å². The van der Waals surface area contributed by atoms with Crippen LogP contribution in [0.4, 0.5) is 0 Å². The minimum atomic E-state index is -0.457. The van der Waals surface area contributed by atoms with Crippen molar-refractivity contribution < 1.29 is 9.53 Å². The van der Waals surface area contributed by atoms with E-state index in [9.17, 15) is 4.79 Å². The molecule has 0 aromatic heterocycles. The molecule has 0 heterocycles. The maximum Gasteiger partial charge on any atom is 0.305 e. The minimum Gasteiger partial charge on any atom is -0.466 e. The molecule has 0 aliphatic rings. The molecule has 66 valence electrons. The third-order valence-corrected chi connectivity index (χ3v) is 3.03. The van der Waals surface area contributed by atoms with Crippen molar-refractivity contribution in [3.63, 3.8) is 0 Å². The van der Waals surface area contributed by atoms with Crippen molar-refractivity contribution in [1.29, 1.82) is 0 Å². The molecule has 0 N–H and O–H groups in total. The normalized spacial score (nSPS) is 10.2. The van der Waals surface area contributed by atoms with E-state index in [1.165, 1.54) is 6.04 Å². The lowest BCUT2D eigenvalue weighted by Gasteiger charge is -2.02. The van der Waals surface area contributed by atoms with Gasteiger partial charge in [0.2, 0.25) is 0 Å². The van der Waals surface area contributed by atoms with E-state index < -0.39 is 8.80 Å². The van der Waals surface area contributed by atoms with Crippen LogP contribution in [-0.2, 0) is 9.53 Å². The summed E-state index contributed by atoms with van der Waals surface area (Å²) in [5.74, 6) is -0.0397. The van der Waals surface area contributed by atoms with Gasteiger partial charge in [-0.05, 0) is 13.3 Å². The zero-order chi connectivity index (χ0) is 8.69. The van der Waals surface area contributed by atoms with Gasteiger partial charge < -0.3 is 4.74 Å². The highest BCUT2D eigenvalue weighted by atomic mass is 28.3. The third-order valence-electron chi connectivity index (χ3n) is 1.47. The first-order valence-corrected chi connectivity index (χ1v) is 7.45. The Balaban J connectivity index is 3.17. The van der Waals surface area contributed by atoms with E-state index in [0.717, 1.165) is 6.42 Å². The maximum absolute atomic E-state index is 10.8. The molecule has 0 fully saturated rings. The van der Waals surface area contributed by atoms with Gasteiger partial charge in [0.05, 0.1) is 6.61 Å². The lowest BCUT2D eigenvalue weighted by Crippen LogP contribution is -2.05. The standard InChI is InChI=1S/C8H18O2Si/c1-4-10-8(9)6-5-7-11(2)3/h11H,4-7H2,1-3H3. The molecule has 0 bridgehead atoms. The molecule has 0 spiro atoms. The van der Waals surface area contributed by atoms with Gasteiger partial charge in [-0.3, -0.25) is 4.79 Å². The van der Waals surface area contributed by atoms with Gasteiger partial charge in [0, 0.05) is 15.2 Å². The lowest BCUT2D eigenvalue weighted by atomic mass is 10.3. The second kappa shape index (κ2) is 6.40. The first kappa shape index (κ1) is 10.7. The van der Waals surface area contributed by atoms with Crippen LogP contribution in [0, 0.1) is 0 Å². The predicted molar refractivity (Wildman–Crippen MR) is 49.6 cm³/mol. The van der Waals surface area contributed by atoms with Crippen molar-refractivity contribution in [3.05, 3.63) is 0 Å². The number of rotatable bonds is 5. The number of esters is 1. The minimum absolute atomic E-state index is 0.0397. The fourth-order valence-corrected chi connectivity index (χ4v) is 1.91. The van der Waals surface area contributed by atoms with Crippen LogP contribution in [0.5, 0.6) is 0 Å². The fraction of sp³-hybridized carbons (Fsp3) is 0.875. The smallest absolute Gasteiger partial charge is 0.305 e. The Morgan fingerprint density at radius 2 is 2.09 bits per heavy atom. The maximum atomic E-state index is 10.8. The summed E-state index contributed by atoms with van der Waals surface area (Å²) in [6.07, 6.45) is 1.63. The summed E-state index contributed by atoms with van der Waals surface area (Å²) in [4.78, 5) is 10.8. The number of ether oxygens (including phenoxy) is 1. The monoisotopic (exact) mass is 174 g/mol. The van der Waals surface area contributed by atoms with Crippen LogP contribution in [0.25, 0.3) is 0 Å². The molecule has 0 aromatic carbocycles. The van der Waals surface area contributed by atoms with Crippen LogP contribution in [-0.4, -0.2) is 21.4 Å². The van der Waals surface area contributed by atoms with Gasteiger partial charge in [-0.15, -0.1) is 0 Å².